The van der Waals surface area contributed by atoms with Gasteiger partial charge in [0.25, 0.3) is 0 Å². The van der Waals surface area contributed by atoms with E-state index in [9.17, 15) is 9.90 Å². The van der Waals surface area contributed by atoms with Crippen LogP contribution in [0.5, 0.6) is 11.6 Å². The monoisotopic (exact) mass is 453 g/mol. The van der Waals surface area contributed by atoms with Crippen molar-refractivity contribution in [1.29, 1.82) is 0 Å². The molecule has 166 valence electrons. The average Bonchev–Trinajstić information content (AvgIpc) is 3.53. The zero-order chi connectivity index (χ0) is 22.2. The summed E-state index contributed by atoms with van der Waals surface area (Å²) < 4.78 is 12.3. The molecule has 9 nitrogen and oxygen atoms in total. The third-order valence-electron chi connectivity index (χ3n) is 5.72. The number of nitrogens with zero attached hydrogens (tertiary/aromatic N) is 5. The number of carbonyl (C=O) groups is 1. The molecule has 1 unspecified atom stereocenters. The molecular formula is C22H23N5O4S. The fraction of sp³-hybridized carbons (Fsp3) is 0.318. The van der Waals surface area contributed by atoms with E-state index in [1.807, 2.05) is 29.2 Å². The van der Waals surface area contributed by atoms with Crippen LogP contribution in [-0.2, 0) is 4.79 Å². The predicted molar refractivity (Wildman–Crippen MR) is 119 cm³/mol. The predicted octanol–water partition coefficient (Wildman–Crippen LogP) is 3.02. The largest absolute Gasteiger partial charge is 0.497 e. The SMILES string of the molecule is COc1cccc(C(c2sc3nc(-c4ccco4)nn3c2O)N2CCN(C(C)=O)CC2)c1. The Hall–Kier alpha value is -3.37. The number of hydrogen-bond acceptors (Lipinski definition) is 8. The van der Waals surface area contributed by atoms with Crippen LogP contribution in [0.3, 0.4) is 0 Å². The zero-order valence-electron chi connectivity index (χ0n) is 17.8. The van der Waals surface area contributed by atoms with Gasteiger partial charge in [-0.15, -0.1) is 5.10 Å². The summed E-state index contributed by atoms with van der Waals surface area (Å²) in [6.07, 6.45) is 1.56. The molecule has 3 aromatic heterocycles. The lowest BCUT2D eigenvalue weighted by Gasteiger charge is -2.38. The molecule has 0 radical (unpaired) electrons. The quantitative estimate of drug-likeness (QED) is 0.496. The number of hydrogen-bond donors (Lipinski definition) is 1. The van der Waals surface area contributed by atoms with Crippen molar-refractivity contribution in [2.45, 2.75) is 13.0 Å². The van der Waals surface area contributed by atoms with E-state index in [0.717, 1.165) is 16.2 Å². The van der Waals surface area contributed by atoms with Gasteiger partial charge in [0.05, 0.1) is 24.3 Å². The number of methoxy groups -OCH3 is 1. The van der Waals surface area contributed by atoms with Gasteiger partial charge in [-0.1, -0.05) is 23.5 Å². The number of carbonyl (C=O) groups excluding carboxylic acids is 1. The summed E-state index contributed by atoms with van der Waals surface area (Å²) in [5, 5.41) is 15.6. The lowest BCUT2D eigenvalue weighted by molar-refractivity contribution is -0.130. The van der Waals surface area contributed by atoms with Crippen LogP contribution in [0.4, 0.5) is 0 Å². The third-order valence-corrected chi connectivity index (χ3v) is 6.80. The average molecular weight is 454 g/mol. The Bertz CT molecular complexity index is 1240. The van der Waals surface area contributed by atoms with Gasteiger partial charge in [-0.2, -0.15) is 9.50 Å². The normalized spacial score (nSPS) is 15.9. The topological polar surface area (TPSA) is 96.3 Å². The minimum atomic E-state index is -0.222. The number of thiazole rings is 1. The van der Waals surface area contributed by atoms with Crippen molar-refractivity contribution in [3.63, 3.8) is 0 Å². The smallest absolute Gasteiger partial charge is 0.230 e. The summed E-state index contributed by atoms with van der Waals surface area (Å²) in [4.78, 5) is 21.8. The van der Waals surface area contributed by atoms with E-state index in [-0.39, 0.29) is 17.8 Å². The number of piperazine rings is 1. The highest BCUT2D eigenvalue weighted by Gasteiger charge is 2.32. The first-order valence-corrected chi connectivity index (χ1v) is 11.1. The molecule has 5 rings (SSSR count). The number of rotatable bonds is 5. The van der Waals surface area contributed by atoms with Crippen molar-refractivity contribution in [3.8, 4) is 23.2 Å². The molecule has 1 fully saturated rings. The summed E-state index contributed by atoms with van der Waals surface area (Å²) in [7, 11) is 1.64. The molecule has 1 atom stereocenters. The number of benzene rings is 1. The highest BCUT2D eigenvalue weighted by atomic mass is 32.1. The van der Waals surface area contributed by atoms with Crippen LogP contribution in [0.1, 0.15) is 23.4 Å². The maximum Gasteiger partial charge on any atom is 0.230 e. The van der Waals surface area contributed by atoms with Gasteiger partial charge in [-0.05, 0) is 29.8 Å². The van der Waals surface area contributed by atoms with Crippen molar-refractivity contribution in [1.82, 2.24) is 24.4 Å². The van der Waals surface area contributed by atoms with Crippen LogP contribution < -0.4 is 4.74 Å². The molecule has 0 saturated carbocycles. The van der Waals surface area contributed by atoms with Crippen molar-refractivity contribution in [3.05, 3.63) is 53.1 Å². The molecule has 1 aliphatic heterocycles. The Kier molecular flexibility index (Phi) is 5.32. The van der Waals surface area contributed by atoms with Gasteiger partial charge in [-0.25, -0.2) is 0 Å². The highest BCUT2D eigenvalue weighted by molar-refractivity contribution is 7.17. The lowest BCUT2D eigenvalue weighted by Crippen LogP contribution is -2.49. The molecule has 0 aliphatic carbocycles. The zero-order valence-corrected chi connectivity index (χ0v) is 18.6. The molecule has 1 saturated heterocycles. The van der Waals surface area contributed by atoms with E-state index in [4.69, 9.17) is 9.15 Å². The second-order valence-corrected chi connectivity index (χ2v) is 8.63. The van der Waals surface area contributed by atoms with Crippen molar-refractivity contribution in [2.24, 2.45) is 0 Å². The minimum absolute atomic E-state index is 0.0529. The summed E-state index contributed by atoms with van der Waals surface area (Å²) in [6, 6.07) is 11.2. The molecule has 0 spiro atoms. The van der Waals surface area contributed by atoms with Crippen molar-refractivity contribution in [2.75, 3.05) is 33.3 Å². The van der Waals surface area contributed by atoms with Gasteiger partial charge in [0.1, 0.15) is 5.75 Å². The Labute approximate surface area is 188 Å². The fourth-order valence-electron chi connectivity index (χ4n) is 4.07. The second kappa shape index (κ2) is 8.29. The summed E-state index contributed by atoms with van der Waals surface area (Å²) in [6.45, 7) is 4.25. The van der Waals surface area contributed by atoms with Crippen LogP contribution in [0.25, 0.3) is 16.5 Å². The van der Waals surface area contributed by atoms with Crippen LogP contribution in [0.2, 0.25) is 0 Å². The first kappa shape index (κ1) is 20.5. The van der Waals surface area contributed by atoms with Crippen LogP contribution in [-0.4, -0.2) is 68.7 Å². The Balaban J connectivity index is 1.55. The summed E-state index contributed by atoms with van der Waals surface area (Å²) >= 11 is 1.39. The lowest BCUT2D eigenvalue weighted by atomic mass is 10.0. The van der Waals surface area contributed by atoms with Crippen LogP contribution in [0.15, 0.2) is 47.1 Å². The van der Waals surface area contributed by atoms with E-state index in [2.05, 4.69) is 15.0 Å². The molecule has 1 N–H and O–H groups in total. The molecule has 4 aromatic rings. The number of ether oxygens (including phenoxy) is 1. The third kappa shape index (κ3) is 3.61. The number of amides is 1. The molecule has 32 heavy (non-hydrogen) atoms. The maximum absolute atomic E-state index is 11.8. The van der Waals surface area contributed by atoms with Gasteiger partial charge in [0.15, 0.2) is 5.76 Å². The minimum Gasteiger partial charge on any atom is -0.497 e. The van der Waals surface area contributed by atoms with Gasteiger partial charge >= 0.3 is 0 Å². The number of aromatic nitrogens is 3. The van der Waals surface area contributed by atoms with E-state index in [0.29, 0.717) is 42.7 Å². The molecule has 1 aromatic carbocycles. The molecule has 1 aliphatic rings. The highest BCUT2D eigenvalue weighted by Crippen LogP contribution is 2.41. The first-order chi connectivity index (χ1) is 15.5. The van der Waals surface area contributed by atoms with Gasteiger partial charge in [0.2, 0.25) is 22.6 Å². The van der Waals surface area contributed by atoms with E-state index >= 15 is 0 Å². The van der Waals surface area contributed by atoms with Gasteiger partial charge < -0.3 is 19.2 Å². The van der Waals surface area contributed by atoms with Gasteiger partial charge in [-0.3, -0.25) is 9.69 Å². The summed E-state index contributed by atoms with van der Waals surface area (Å²) in [5.74, 6) is 1.85. The maximum atomic E-state index is 11.8. The van der Waals surface area contributed by atoms with E-state index in [1.54, 1.807) is 32.4 Å². The number of fused-ring (bicyclic) bond motifs is 1. The molecule has 1 amide bonds. The molecule has 10 heteroatoms. The summed E-state index contributed by atoms with van der Waals surface area (Å²) in [5.41, 5.74) is 0.992. The van der Waals surface area contributed by atoms with Gasteiger partial charge in [0, 0.05) is 33.1 Å². The molecule has 4 heterocycles. The van der Waals surface area contributed by atoms with E-state index < -0.39 is 0 Å². The first-order valence-electron chi connectivity index (χ1n) is 10.3. The second-order valence-electron chi connectivity index (χ2n) is 7.62. The van der Waals surface area contributed by atoms with Crippen molar-refractivity contribution < 1.29 is 19.1 Å². The Morgan fingerprint density at radius 3 is 2.69 bits per heavy atom. The number of furan rings is 1. The standard InChI is InChI=1S/C22H23N5O4S/c1-14(28)25-8-10-26(11-9-25)18(15-5-3-6-16(13-15)30-2)19-21(29)27-22(32-19)23-20(24-27)17-7-4-12-31-17/h3-7,12-13,18,29H,8-11H2,1-2H3. The van der Waals surface area contributed by atoms with Crippen LogP contribution >= 0.6 is 11.3 Å². The molecular weight excluding hydrogens is 430 g/mol. The fourth-order valence-corrected chi connectivity index (χ4v) is 5.19. The number of aromatic hydroxyl groups is 1. The Morgan fingerprint density at radius 1 is 1.22 bits per heavy atom. The molecule has 0 bridgehead atoms. The van der Waals surface area contributed by atoms with Crippen LogP contribution in [0, 0.1) is 0 Å². The van der Waals surface area contributed by atoms with E-state index in [1.165, 1.54) is 15.9 Å². The Morgan fingerprint density at radius 2 is 2.03 bits per heavy atom. The van der Waals surface area contributed by atoms with Crippen molar-refractivity contribution >= 4 is 22.2 Å².